The number of benzene rings is 1. The van der Waals surface area contributed by atoms with Crippen molar-refractivity contribution in [3.63, 3.8) is 0 Å². The molecule has 0 saturated carbocycles. The van der Waals surface area contributed by atoms with Gasteiger partial charge in [0, 0.05) is 12.1 Å². The molecule has 1 amide bonds. The van der Waals surface area contributed by atoms with Crippen molar-refractivity contribution >= 4 is 40.4 Å². The Kier molecular flexibility index (Phi) is 5.85. The second kappa shape index (κ2) is 7.23. The van der Waals surface area contributed by atoms with Gasteiger partial charge in [-0.2, -0.15) is 0 Å². The smallest absolute Gasteiger partial charge is 0.408 e. The highest BCUT2D eigenvalue weighted by Gasteiger charge is 2.20. The topological polar surface area (TPSA) is 120 Å². The first-order chi connectivity index (χ1) is 10.5. The predicted octanol–water partition coefficient (Wildman–Crippen LogP) is 2.83. The number of amides is 1. The average Bonchev–Trinajstić information content (AvgIpc) is 2.38. The number of nitrogen functional groups attached to an aromatic ring is 1. The summed E-state index contributed by atoms with van der Waals surface area (Å²) in [6, 6.07) is 3.45. The molecule has 1 rings (SSSR count). The lowest BCUT2D eigenvalue weighted by atomic mass is 10.2. The van der Waals surface area contributed by atoms with Crippen molar-refractivity contribution in [3.8, 4) is 0 Å². The average molecular weight is 340 g/mol. The van der Waals surface area contributed by atoms with Crippen LogP contribution >= 0.6 is 12.2 Å². The van der Waals surface area contributed by atoms with Crippen molar-refractivity contribution in [2.24, 2.45) is 0 Å². The number of carbonyl (C=O) groups is 1. The Balaban J connectivity index is 2.74. The van der Waals surface area contributed by atoms with Crippen LogP contribution in [0.4, 0.5) is 21.9 Å². The predicted molar refractivity (Wildman–Crippen MR) is 92.6 cm³/mol. The van der Waals surface area contributed by atoms with Gasteiger partial charge in [-0.15, -0.1) is 0 Å². The molecule has 0 aliphatic carbocycles. The molecule has 126 valence electrons. The Hall–Kier alpha value is -2.42. The van der Waals surface area contributed by atoms with Crippen LogP contribution in [0.3, 0.4) is 0 Å². The number of nitro groups is 1. The Bertz CT molecular complexity index is 628. The number of nitro benzene ring substituents is 1. The summed E-state index contributed by atoms with van der Waals surface area (Å²) in [7, 11) is 0. The van der Waals surface area contributed by atoms with Crippen LogP contribution in [0.1, 0.15) is 27.7 Å². The molecule has 0 unspecified atom stereocenters. The van der Waals surface area contributed by atoms with Crippen molar-refractivity contribution in [2.75, 3.05) is 11.1 Å². The summed E-state index contributed by atoms with van der Waals surface area (Å²) in [6.45, 7) is 6.90. The van der Waals surface area contributed by atoms with E-state index >= 15 is 0 Å². The number of carbonyl (C=O) groups excluding carboxylic acids is 1. The first-order valence-corrected chi connectivity index (χ1v) is 7.24. The fraction of sp³-hybridized carbons (Fsp3) is 0.429. The van der Waals surface area contributed by atoms with E-state index in [0.717, 1.165) is 0 Å². The number of hydrogen-bond donors (Lipinski definition) is 3. The Morgan fingerprint density at radius 3 is 2.57 bits per heavy atom. The van der Waals surface area contributed by atoms with E-state index < -0.39 is 22.7 Å². The second-order valence-corrected chi connectivity index (χ2v) is 6.33. The minimum atomic E-state index is -0.622. The molecule has 23 heavy (non-hydrogen) atoms. The fourth-order valence-electron chi connectivity index (χ4n) is 1.56. The first-order valence-electron chi connectivity index (χ1n) is 6.84. The maximum Gasteiger partial charge on any atom is 0.408 e. The zero-order valence-corrected chi connectivity index (χ0v) is 14.2. The molecule has 1 aromatic rings. The Morgan fingerprint density at radius 2 is 2.04 bits per heavy atom. The summed E-state index contributed by atoms with van der Waals surface area (Å²) in [5, 5.41) is 16.2. The molecule has 4 N–H and O–H groups in total. The number of nitrogens with one attached hydrogen (secondary N) is 2. The molecule has 0 heterocycles. The van der Waals surface area contributed by atoms with E-state index in [1.165, 1.54) is 18.2 Å². The summed E-state index contributed by atoms with van der Waals surface area (Å²) in [6.07, 6.45) is -0.610. The summed E-state index contributed by atoms with van der Waals surface area (Å²) in [5.41, 5.74) is 5.65. The maximum atomic E-state index is 11.7. The third-order valence-corrected chi connectivity index (χ3v) is 3.09. The van der Waals surface area contributed by atoms with Crippen molar-refractivity contribution in [1.29, 1.82) is 0 Å². The van der Waals surface area contributed by atoms with Crippen LogP contribution in [0.5, 0.6) is 0 Å². The molecular weight excluding hydrogens is 320 g/mol. The molecule has 0 radical (unpaired) electrons. The van der Waals surface area contributed by atoms with Gasteiger partial charge in [0.15, 0.2) is 0 Å². The largest absolute Gasteiger partial charge is 0.444 e. The number of nitrogens with zero attached hydrogens (tertiary/aromatic N) is 1. The number of thiocarbonyl (C=S) groups is 1. The van der Waals surface area contributed by atoms with E-state index in [2.05, 4.69) is 10.6 Å². The van der Waals surface area contributed by atoms with Crippen LogP contribution in [0.15, 0.2) is 18.2 Å². The highest BCUT2D eigenvalue weighted by Crippen LogP contribution is 2.24. The Morgan fingerprint density at radius 1 is 1.43 bits per heavy atom. The number of hydrogen-bond acceptors (Lipinski definition) is 6. The van der Waals surface area contributed by atoms with Gasteiger partial charge >= 0.3 is 6.09 Å². The zero-order valence-electron chi connectivity index (χ0n) is 13.4. The molecule has 0 bridgehead atoms. The number of alkyl carbamates (subject to hydrolysis) is 1. The van der Waals surface area contributed by atoms with E-state index in [1.807, 2.05) is 0 Å². The molecule has 0 fully saturated rings. The van der Waals surface area contributed by atoms with Crippen molar-refractivity contribution in [2.45, 2.75) is 39.3 Å². The third kappa shape index (κ3) is 6.07. The lowest BCUT2D eigenvalue weighted by Crippen LogP contribution is -2.43. The van der Waals surface area contributed by atoms with Gasteiger partial charge in [-0.25, -0.2) is 4.79 Å². The van der Waals surface area contributed by atoms with E-state index in [-0.39, 0.29) is 10.7 Å². The summed E-state index contributed by atoms with van der Waals surface area (Å²) < 4.78 is 5.13. The van der Waals surface area contributed by atoms with E-state index in [4.69, 9.17) is 22.7 Å². The standard InChI is InChI=1S/C14H20N4O4S/c1-8(16-13(19)22-14(2,3)4)12(23)17-11-7-9(18(20)21)5-6-10(11)15/h5-8H,15H2,1-4H3,(H,16,19)(H,17,23)/t8-/m0/s1. The quantitative estimate of drug-likeness (QED) is 0.333. The minimum Gasteiger partial charge on any atom is -0.444 e. The highest BCUT2D eigenvalue weighted by molar-refractivity contribution is 7.80. The van der Waals surface area contributed by atoms with Gasteiger partial charge in [0.1, 0.15) is 10.6 Å². The number of anilines is 2. The highest BCUT2D eigenvalue weighted by atomic mass is 32.1. The number of non-ortho nitro benzene ring substituents is 1. The number of ether oxygens (including phenoxy) is 1. The third-order valence-electron chi connectivity index (χ3n) is 2.63. The van der Waals surface area contributed by atoms with Gasteiger partial charge in [0.2, 0.25) is 0 Å². The molecule has 0 aromatic heterocycles. The van der Waals surface area contributed by atoms with Gasteiger partial charge in [-0.1, -0.05) is 12.2 Å². The van der Waals surface area contributed by atoms with Crippen molar-refractivity contribution in [1.82, 2.24) is 5.32 Å². The van der Waals surface area contributed by atoms with Gasteiger partial charge < -0.3 is 21.1 Å². The molecule has 0 saturated heterocycles. The van der Waals surface area contributed by atoms with Crippen LogP contribution in [-0.4, -0.2) is 27.6 Å². The molecule has 1 atom stereocenters. The van der Waals surface area contributed by atoms with E-state index in [9.17, 15) is 14.9 Å². The van der Waals surface area contributed by atoms with Crippen molar-refractivity contribution in [3.05, 3.63) is 28.3 Å². The SMILES string of the molecule is C[C@H](NC(=O)OC(C)(C)C)C(=S)Nc1cc([N+](=O)[O-])ccc1N. The Labute approximate surface area is 139 Å². The van der Waals surface area contributed by atoms with E-state index in [1.54, 1.807) is 27.7 Å². The molecule has 1 aromatic carbocycles. The lowest BCUT2D eigenvalue weighted by Gasteiger charge is -2.22. The first kappa shape index (κ1) is 18.6. The van der Waals surface area contributed by atoms with Crippen LogP contribution < -0.4 is 16.4 Å². The summed E-state index contributed by atoms with van der Waals surface area (Å²) in [5.74, 6) is 0. The lowest BCUT2D eigenvalue weighted by molar-refractivity contribution is -0.384. The normalized spacial score (nSPS) is 12.2. The molecule has 9 heteroatoms. The second-order valence-electron chi connectivity index (χ2n) is 5.89. The van der Waals surface area contributed by atoms with Gasteiger partial charge in [-0.05, 0) is 33.8 Å². The molecule has 0 aliphatic rings. The van der Waals surface area contributed by atoms with Crippen LogP contribution in [-0.2, 0) is 4.74 Å². The van der Waals surface area contributed by atoms with E-state index in [0.29, 0.717) is 11.4 Å². The van der Waals surface area contributed by atoms with Gasteiger partial charge in [0.25, 0.3) is 5.69 Å². The number of rotatable bonds is 4. The monoisotopic (exact) mass is 340 g/mol. The van der Waals surface area contributed by atoms with Crippen LogP contribution in [0.25, 0.3) is 0 Å². The van der Waals surface area contributed by atoms with Crippen LogP contribution in [0.2, 0.25) is 0 Å². The minimum absolute atomic E-state index is 0.114. The van der Waals surface area contributed by atoms with Gasteiger partial charge in [0.05, 0.1) is 22.3 Å². The molecular formula is C14H20N4O4S. The summed E-state index contributed by atoms with van der Waals surface area (Å²) in [4.78, 5) is 22.2. The molecule has 0 aliphatic heterocycles. The van der Waals surface area contributed by atoms with Crippen molar-refractivity contribution < 1.29 is 14.5 Å². The zero-order chi connectivity index (χ0) is 17.8. The van der Waals surface area contributed by atoms with Gasteiger partial charge in [-0.3, -0.25) is 10.1 Å². The van der Waals surface area contributed by atoms with Crippen LogP contribution in [0, 0.1) is 10.1 Å². The fourth-order valence-corrected chi connectivity index (χ4v) is 1.73. The molecule has 8 nitrogen and oxygen atoms in total. The molecule has 0 spiro atoms. The maximum absolute atomic E-state index is 11.7. The summed E-state index contributed by atoms with van der Waals surface area (Å²) >= 11 is 5.18. The number of nitrogens with two attached hydrogens (primary N) is 1.